The van der Waals surface area contributed by atoms with Crippen LogP contribution in [-0.4, -0.2) is 32.3 Å². The number of rotatable bonds is 7. The van der Waals surface area contributed by atoms with Crippen LogP contribution in [0.15, 0.2) is 52.0 Å². The van der Waals surface area contributed by atoms with Gasteiger partial charge in [-0.15, -0.1) is 0 Å². The second kappa shape index (κ2) is 8.36. The number of nitrogens with one attached hydrogen (secondary N) is 3. The van der Waals surface area contributed by atoms with Crippen LogP contribution in [0.4, 0.5) is 5.69 Å². The first-order chi connectivity index (χ1) is 12.6. The highest BCUT2D eigenvalue weighted by Gasteiger charge is 2.22. The molecule has 146 valence electrons. The summed E-state index contributed by atoms with van der Waals surface area (Å²) in [7, 11) is -3.70. The van der Waals surface area contributed by atoms with Gasteiger partial charge in [0.25, 0.3) is 5.91 Å². The van der Waals surface area contributed by atoms with Gasteiger partial charge >= 0.3 is 0 Å². The van der Waals surface area contributed by atoms with Crippen LogP contribution in [0.5, 0.6) is 0 Å². The van der Waals surface area contributed by atoms with E-state index in [0.29, 0.717) is 5.69 Å². The van der Waals surface area contributed by atoms with Gasteiger partial charge in [-0.2, -0.15) is 0 Å². The second-order valence-corrected chi connectivity index (χ2v) is 8.60. The van der Waals surface area contributed by atoms with Crippen molar-refractivity contribution in [3.8, 4) is 0 Å². The molecule has 2 amide bonds. The lowest BCUT2D eigenvalue weighted by molar-refractivity contribution is -0.116. The first-order valence-electron chi connectivity index (χ1n) is 8.32. The molecule has 0 aliphatic rings. The predicted molar refractivity (Wildman–Crippen MR) is 101 cm³/mol. The first-order valence-corrected chi connectivity index (χ1v) is 9.81. The molecule has 0 fully saturated rings. The van der Waals surface area contributed by atoms with Crippen molar-refractivity contribution in [3.63, 3.8) is 0 Å². The fraction of sp³-hybridized carbons (Fsp3) is 0.333. The topological polar surface area (TPSA) is 118 Å². The van der Waals surface area contributed by atoms with Gasteiger partial charge in [0.1, 0.15) is 0 Å². The summed E-state index contributed by atoms with van der Waals surface area (Å²) in [6.45, 7) is 5.35. The third-order valence-corrected chi connectivity index (χ3v) is 5.01. The van der Waals surface area contributed by atoms with Crippen LogP contribution in [0.2, 0.25) is 0 Å². The molecule has 0 atom stereocenters. The third-order valence-electron chi connectivity index (χ3n) is 3.25. The van der Waals surface area contributed by atoms with Crippen LogP contribution >= 0.6 is 0 Å². The van der Waals surface area contributed by atoms with E-state index in [1.807, 2.05) is 0 Å². The zero-order valence-electron chi connectivity index (χ0n) is 15.4. The van der Waals surface area contributed by atoms with E-state index in [9.17, 15) is 18.0 Å². The van der Waals surface area contributed by atoms with E-state index >= 15 is 0 Å². The lowest BCUT2D eigenvalue weighted by Gasteiger charge is -2.20. The van der Waals surface area contributed by atoms with Crippen molar-refractivity contribution >= 4 is 27.5 Å². The van der Waals surface area contributed by atoms with Crippen LogP contribution in [0.3, 0.4) is 0 Å². The Morgan fingerprint density at radius 2 is 1.85 bits per heavy atom. The van der Waals surface area contributed by atoms with Crippen LogP contribution in [0.25, 0.3) is 0 Å². The van der Waals surface area contributed by atoms with E-state index in [2.05, 4.69) is 15.4 Å². The Morgan fingerprint density at radius 1 is 1.11 bits per heavy atom. The maximum absolute atomic E-state index is 12.4. The van der Waals surface area contributed by atoms with Gasteiger partial charge in [0, 0.05) is 24.2 Å². The minimum Gasteiger partial charge on any atom is -0.459 e. The summed E-state index contributed by atoms with van der Waals surface area (Å²) in [5.41, 5.74) is -0.265. The minimum absolute atomic E-state index is 0.0314. The number of sulfonamides is 1. The minimum atomic E-state index is -3.70. The molecule has 0 spiro atoms. The number of furan rings is 1. The molecule has 1 aromatic carbocycles. The quantitative estimate of drug-likeness (QED) is 0.666. The Balaban J connectivity index is 1.91. The van der Waals surface area contributed by atoms with Crippen molar-refractivity contribution in [2.75, 3.05) is 11.9 Å². The number of hydrogen-bond acceptors (Lipinski definition) is 5. The molecular formula is C18H23N3O5S. The Labute approximate surface area is 158 Å². The van der Waals surface area contributed by atoms with Gasteiger partial charge in [0.15, 0.2) is 5.76 Å². The number of anilines is 1. The summed E-state index contributed by atoms with van der Waals surface area (Å²) in [5, 5.41) is 5.18. The number of hydrogen-bond donors (Lipinski definition) is 3. The zero-order valence-corrected chi connectivity index (χ0v) is 16.2. The van der Waals surface area contributed by atoms with E-state index < -0.39 is 21.5 Å². The summed E-state index contributed by atoms with van der Waals surface area (Å²) in [4.78, 5) is 23.8. The highest BCUT2D eigenvalue weighted by atomic mass is 32.2. The average Bonchev–Trinajstić information content (AvgIpc) is 3.07. The zero-order chi connectivity index (χ0) is 20.1. The third kappa shape index (κ3) is 6.54. The molecular weight excluding hydrogens is 370 g/mol. The Hall–Kier alpha value is -2.65. The maximum atomic E-state index is 12.4. The summed E-state index contributed by atoms with van der Waals surface area (Å²) in [5.74, 6) is -0.595. The van der Waals surface area contributed by atoms with Gasteiger partial charge in [-0.25, -0.2) is 13.1 Å². The van der Waals surface area contributed by atoms with Crippen LogP contribution < -0.4 is 15.4 Å². The molecule has 0 radical (unpaired) electrons. The fourth-order valence-corrected chi connectivity index (χ4v) is 3.67. The SMILES string of the molecule is CC(C)(C)NS(=O)(=O)c1cccc(NC(=O)CCNC(=O)c2ccco2)c1. The van der Waals surface area contributed by atoms with E-state index in [4.69, 9.17) is 4.42 Å². The highest BCUT2D eigenvalue weighted by Crippen LogP contribution is 2.17. The predicted octanol–water partition coefficient (Wildman–Crippen LogP) is 2.11. The summed E-state index contributed by atoms with van der Waals surface area (Å²) >= 11 is 0. The Bertz CT molecular complexity index is 899. The molecule has 3 N–H and O–H groups in total. The van der Waals surface area contributed by atoms with Crippen LogP contribution in [-0.2, 0) is 14.8 Å². The Kier molecular flexibility index (Phi) is 6.40. The fourth-order valence-electron chi connectivity index (χ4n) is 2.21. The van der Waals surface area contributed by atoms with Gasteiger partial charge in [0.2, 0.25) is 15.9 Å². The molecule has 27 heavy (non-hydrogen) atoms. The lowest BCUT2D eigenvalue weighted by atomic mass is 10.1. The summed E-state index contributed by atoms with van der Waals surface area (Å²) in [6.07, 6.45) is 1.42. The molecule has 1 aromatic heterocycles. The van der Waals surface area contributed by atoms with Crippen LogP contribution in [0.1, 0.15) is 37.7 Å². The largest absolute Gasteiger partial charge is 0.459 e. The van der Waals surface area contributed by atoms with Gasteiger partial charge in [0.05, 0.1) is 11.2 Å². The van der Waals surface area contributed by atoms with Crippen molar-refractivity contribution < 1.29 is 22.4 Å². The molecule has 2 aromatic rings. The van der Waals surface area contributed by atoms with Gasteiger partial charge in [-0.3, -0.25) is 9.59 Å². The smallest absolute Gasteiger partial charge is 0.286 e. The summed E-state index contributed by atoms with van der Waals surface area (Å²) in [6, 6.07) is 9.09. The van der Waals surface area contributed by atoms with E-state index in [1.165, 1.54) is 24.5 Å². The summed E-state index contributed by atoms with van der Waals surface area (Å²) < 4.78 is 32.2. The second-order valence-electron chi connectivity index (χ2n) is 6.91. The highest BCUT2D eigenvalue weighted by molar-refractivity contribution is 7.89. The van der Waals surface area contributed by atoms with Gasteiger partial charge in [-0.1, -0.05) is 6.07 Å². The number of benzene rings is 1. The molecule has 0 unspecified atom stereocenters. The first kappa shape index (κ1) is 20.7. The van der Waals surface area contributed by atoms with Crippen molar-refractivity contribution in [2.45, 2.75) is 37.6 Å². The average molecular weight is 393 g/mol. The molecule has 8 nitrogen and oxygen atoms in total. The standard InChI is InChI=1S/C18H23N3O5S/c1-18(2,3)21-27(24,25)14-7-4-6-13(12-14)20-16(22)9-10-19-17(23)15-8-5-11-26-15/h4-8,11-12,21H,9-10H2,1-3H3,(H,19,23)(H,20,22). The van der Waals surface area contributed by atoms with E-state index in [0.717, 1.165) is 0 Å². The molecule has 0 saturated carbocycles. The number of carbonyl (C=O) groups is 2. The normalized spacial score (nSPS) is 11.8. The van der Waals surface area contributed by atoms with Crippen molar-refractivity contribution in [1.82, 2.24) is 10.0 Å². The van der Waals surface area contributed by atoms with Gasteiger partial charge in [-0.05, 0) is 51.1 Å². The molecule has 1 heterocycles. The van der Waals surface area contributed by atoms with E-state index in [-0.39, 0.29) is 29.5 Å². The number of carbonyl (C=O) groups excluding carboxylic acids is 2. The molecule has 2 rings (SSSR count). The molecule has 0 aliphatic carbocycles. The van der Waals surface area contributed by atoms with Crippen molar-refractivity contribution in [2.24, 2.45) is 0 Å². The van der Waals surface area contributed by atoms with E-state index in [1.54, 1.807) is 39.0 Å². The Morgan fingerprint density at radius 3 is 2.48 bits per heavy atom. The van der Waals surface area contributed by atoms with Crippen molar-refractivity contribution in [3.05, 3.63) is 48.4 Å². The van der Waals surface area contributed by atoms with Crippen molar-refractivity contribution in [1.29, 1.82) is 0 Å². The monoisotopic (exact) mass is 393 g/mol. The maximum Gasteiger partial charge on any atom is 0.286 e. The van der Waals surface area contributed by atoms with Crippen LogP contribution in [0, 0.1) is 0 Å². The number of amides is 2. The lowest BCUT2D eigenvalue weighted by Crippen LogP contribution is -2.40. The molecule has 0 bridgehead atoms. The molecule has 0 saturated heterocycles. The molecule has 0 aliphatic heterocycles. The van der Waals surface area contributed by atoms with Gasteiger partial charge < -0.3 is 15.1 Å². The molecule has 9 heteroatoms.